The van der Waals surface area contributed by atoms with Crippen LogP contribution in [0.25, 0.3) is 0 Å². The quantitative estimate of drug-likeness (QED) is 0.749. The lowest BCUT2D eigenvalue weighted by molar-refractivity contribution is 0.0684. The van der Waals surface area contributed by atoms with Gasteiger partial charge >= 0.3 is 0 Å². The molecule has 0 unspecified atom stereocenters. The molecule has 0 fully saturated rings. The number of hydrogen-bond acceptors (Lipinski definition) is 4. The first-order valence-corrected chi connectivity index (χ1v) is 5.30. The van der Waals surface area contributed by atoms with Crippen LogP contribution in [0.1, 0.15) is 10.4 Å². The number of amides is 1. The summed E-state index contributed by atoms with van der Waals surface area (Å²) in [6.45, 7) is -0.448. The van der Waals surface area contributed by atoms with Crippen LogP contribution < -0.4 is 0 Å². The molecule has 2 N–H and O–H groups in total. The van der Waals surface area contributed by atoms with E-state index in [4.69, 9.17) is 21.8 Å². The summed E-state index contributed by atoms with van der Waals surface area (Å²) in [5.74, 6) is -1.25. The summed E-state index contributed by atoms with van der Waals surface area (Å²) in [5.41, 5.74) is -0.0893. The van der Waals surface area contributed by atoms with Crippen molar-refractivity contribution in [2.75, 3.05) is 26.3 Å². The van der Waals surface area contributed by atoms with E-state index in [9.17, 15) is 9.18 Å². The Hall–Kier alpha value is -1.24. The monoisotopic (exact) mass is 262 g/mol. The van der Waals surface area contributed by atoms with E-state index < -0.39 is 11.7 Å². The molecule has 0 radical (unpaired) electrons. The number of nitrogens with zero attached hydrogens (tertiary/aromatic N) is 2. The predicted octanol–water partition coefficient (Wildman–Crippen LogP) is 0.301. The third-order valence-electron chi connectivity index (χ3n) is 2.06. The van der Waals surface area contributed by atoms with E-state index in [1.165, 1.54) is 4.90 Å². The zero-order valence-corrected chi connectivity index (χ0v) is 9.69. The maximum absolute atomic E-state index is 13.0. The van der Waals surface area contributed by atoms with Gasteiger partial charge in [0.2, 0.25) is 0 Å². The zero-order chi connectivity index (χ0) is 12.8. The largest absolute Gasteiger partial charge is 0.395 e. The van der Waals surface area contributed by atoms with Crippen molar-refractivity contribution in [1.29, 1.82) is 0 Å². The highest BCUT2D eigenvalue weighted by Crippen LogP contribution is 2.15. The second-order valence-corrected chi connectivity index (χ2v) is 3.59. The number of rotatable bonds is 5. The van der Waals surface area contributed by atoms with Crippen LogP contribution in [-0.4, -0.2) is 52.3 Å². The molecule has 0 aliphatic heterocycles. The molecule has 0 bridgehead atoms. The average molecular weight is 263 g/mol. The van der Waals surface area contributed by atoms with Gasteiger partial charge < -0.3 is 15.1 Å². The minimum atomic E-state index is -0.675. The molecule has 1 aromatic heterocycles. The van der Waals surface area contributed by atoms with Gasteiger partial charge in [-0.3, -0.25) is 4.79 Å². The Morgan fingerprint density at radius 1 is 1.41 bits per heavy atom. The Labute approximate surface area is 102 Å². The van der Waals surface area contributed by atoms with Crippen LogP contribution in [0.4, 0.5) is 4.39 Å². The summed E-state index contributed by atoms with van der Waals surface area (Å²) in [7, 11) is 0. The molecule has 94 valence electrons. The van der Waals surface area contributed by atoms with E-state index in [2.05, 4.69) is 4.98 Å². The van der Waals surface area contributed by atoms with Gasteiger partial charge in [-0.05, 0) is 6.07 Å². The number of aliphatic hydroxyl groups is 2. The number of aromatic nitrogens is 1. The maximum Gasteiger partial charge on any atom is 0.257 e. The van der Waals surface area contributed by atoms with E-state index >= 15 is 0 Å². The number of pyridine rings is 1. The van der Waals surface area contributed by atoms with Crippen molar-refractivity contribution in [3.05, 3.63) is 28.8 Å². The van der Waals surface area contributed by atoms with Crippen LogP contribution in [0.3, 0.4) is 0 Å². The van der Waals surface area contributed by atoms with Gasteiger partial charge in [0.05, 0.1) is 25.0 Å². The van der Waals surface area contributed by atoms with E-state index in [1.807, 2.05) is 0 Å². The third-order valence-corrected chi connectivity index (χ3v) is 2.36. The van der Waals surface area contributed by atoms with Crippen molar-refractivity contribution < 1.29 is 19.4 Å². The number of carbonyl (C=O) groups is 1. The Morgan fingerprint density at radius 3 is 2.53 bits per heavy atom. The fraction of sp³-hybridized carbons (Fsp3) is 0.400. The van der Waals surface area contributed by atoms with Crippen molar-refractivity contribution in [3.63, 3.8) is 0 Å². The lowest BCUT2D eigenvalue weighted by atomic mass is 10.2. The molecule has 0 saturated carbocycles. The molecule has 0 atom stereocenters. The Bertz CT molecular complexity index is 397. The van der Waals surface area contributed by atoms with Crippen molar-refractivity contribution in [2.24, 2.45) is 0 Å². The molecule has 0 spiro atoms. The summed E-state index contributed by atoms with van der Waals surface area (Å²) in [6, 6.07) is 0.972. The molecule has 0 aliphatic carbocycles. The van der Waals surface area contributed by atoms with Crippen LogP contribution in [0.15, 0.2) is 12.3 Å². The number of halogens is 2. The molecule has 1 rings (SSSR count). The van der Waals surface area contributed by atoms with E-state index in [-0.39, 0.29) is 37.0 Å². The zero-order valence-electron chi connectivity index (χ0n) is 8.94. The SMILES string of the molecule is O=C(c1cc(F)cnc1Cl)N(CCO)CCO. The first-order chi connectivity index (χ1) is 8.10. The summed E-state index contributed by atoms with van der Waals surface area (Å²) in [5, 5.41) is 17.5. The molecule has 1 heterocycles. The highest BCUT2D eigenvalue weighted by Gasteiger charge is 2.19. The Morgan fingerprint density at radius 2 is 2.00 bits per heavy atom. The minimum Gasteiger partial charge on any atom is -0.395 e. The highest BCUT2D eigenvalue weighted by atomic mass is 35.5. The van der Waals surface area contributed by atoms with Crippen molar-refractivity contribution >= 4 is 17.5 Å². The predicted molar refractivity (Wildman–Crippen MR) is 59.3 cm³/mol. The lowest BCUT2D eigenvalue weighted by Gasteiger charge is -2.20. The van der Waals surface area contributed by atoms with Gasteiger partial charge in [0.15, 0.2) is 0 Å². The number of aliphatic hydroxyl groups excluding tert-OH is 2. The average Bonchev–Trinajstić information content (AvgIpc) is 2.31. The van der Waals surface area contributed by atoms with Gasteiger partial charge in [0, 0.05) is 13.1 Å². The first kappa shape index (κ1) is 13.8. The minimum absolute atomic E-state index is 0.0340. The molecule has 17 heavy (non-hydrogen) atoms. The standard InChI is InChI=1S/C10H12ClFN2O3/c11-9-8(5-7(12)6-13-9)10(17)14(1-3-15)2-4-16/h5-6,15-16H,1-4H2. The van der Waals surface area contributed by atoms with Crippen LogP contribution in [0, 0.1) is 5.82 Å². The van der Waals surface area contributed by atoms with Crippen molar-refractivity contribution in [3.8, 4) is 0 Å². The van der Waals surface area contributed by atoms with E-state index in [1.54, 1.807) is 0 Å². The lowest BCUT2D eigenvalue weighted by Crippen LogP contribution is -2.36. The van der Waals surface area contributed by atoms with Gasteiger partial charge in [-0.2, -0.15) is 0 Å². The van der Waals surface area contributed by atoms with Crippen LogP contribution in [0.5, 0.6) is 0 Å². The van der Waals surface area contributed by atoms with Crippen molar-refractivity contribution in [2.45, 2.75) is 0 Å². The van der Waals surface area contributed by atoms with Crippen LogP contribution in [0.2, 0.25) is 5.15 Å². The second kappa shape index (κ2) is 6.48. The topological polar surface area (TPSA) is 73.7 Å². The van der Waals surface area contributed by atoms with Crippen LogP contribution >= 0.6 is 11.6 Å². The molecule has 7 heteroatoms. The summed E-state index contributed by atoms with van der Waals surface area (Å²) >= 11 is 5.69. The molecule has 5 nitrogen and oxygen atoms in total. The number of carbonyl (C=O) groups excluding carboxylic acids is 1. The molecule has 0 aliphatic rings. The van der Waals surface area contributed by atoms with Gasteiger partial charge in [-0.15, -0.1) is 0 Å². The smallest absolute Gasteiger partial charge is 0.257 e. The normalized spacial score (nSPS) is 10.4. The highest BCUT2D eigenvalue weighted by molar-refractivity contribution is 6.32. The van der Waals surface area contributed by atoms with E-state index in [0.717, 1.165) is 12.3 Å². The van der Waals surface area contributed by atoms with Gasteiger partial charge in [-0.1, -0.05) is 11.6 Å². The Balaban J connectivity index is 2.95. The summed E-state index contributed by atoms with van der Waals surface area (Å²) in [6.07, 6.45) is 0.904. The van der Waals surface area contributed by atoms with Crippen molar-refractivity contribution in [1.82, 2.24) is 9.88 Å². The second-order valence-electron chi connectivity index (χ2n) is 3.23. The Kier molecular flexibility index (Phi) is 5.27. The molecule has 0 aromatic carbocycles. The first-order valence-electron chi connectivity index (χ1n) is 4.92. The third kappa shape index (κ3) is 3.62. The molecule has 1 amide bonds. The maximum atomic E-state index is 13.0. The molecule has 1 aromatic rings. The fourth-order valence-corrected chi connectivity index (χ4v) is 1.48. The molecular formula is C10H12ClFN2O3. The number of hydrogen-bond donors (Lipinski definition) is 2. The van der Waals surface area contributed by atoms with Gasteiger partial charge in [0.25, 0.3) is 5.91 Å². The summed E-state index contributed by atoms with van der Waals surface area (Å²) in [4.78, 5) is 16.6. The molecular weight excluding hydrogens is 251 g/mol. The fourth-order valence-electron chi connectivity index (χ4n) is 1.30. The summed E-state index contributed by atoms with van der Waals surface area (Å²) < 4.78 is 13.0. The van der Waals surface area contributed by atoms with E-state index in [0.29, 0.717) is 0 Å². The van der Waals surface area contributed by atoms with Gasteiger partial charge in [-0.25, -0.2) is 9.37 Å². The molecule has 0 saturated heterocycles. The van der Waals surface area contributed by atoms with Gasteiger partial charge in [0.1, 0.15) is 11.0 Å². The van der Waals surface area contributed by atoms with Crippen LogP contribution in [-0.2, 0) is 0 Å².